The number of fused-ring (bicyclic) bond motifs is 7. The number of ether oxygens (including phenoxy) is 4. The number of benzene rings is 4. The topological polar surface area (TPSA) is 54.0 Å². The minimum Gasteiger partial charge on any atom is -0.489 e. The quantitative estimate of drug-likeness (QED) is 0.217. The molecule has 45 heavy (non-hydrogen) atoms. The molecule has 232 valence electrons. The summed E-state index contributed by atoms with van der Waals surface area (Å²) in [5.41, 5.74) is 2.15. The zero-order chi connectivity index (χ0) is 31.0. The zero-order valence-electron chi connectivity index (χ0n) is 25.3. The van der Waals surface area contributed by atoms with Gasteiger partial charge < -0.3 is 18.9 Å². The Kier molecular flexibility index (Phi) is 7.94. The minimum absolute atomic E-state index is 0.0158. The fourth-order valence-corrected chi connectivity index (χ4v) is 6.68. The Morgan fingerprint density at radius 1 is 0.800 bits per heavy atom. The Morgan fingerprint density at radius 2 is 1.49 bits per heavy atom. The van der Waals surface area contributed by atoms with E-state index in [9.17, 15) is 13.6 Å². The molecule has 0 bridgehead atoms. The number of halogens is 2. The van der Waals surface area contributed by atoms with Crippen molar-refractivity contribution in [3.05, 3.63) is 88.8 Å². The summed E-state index contributed by atoms with van der Waals surface area (Å²) < 4.78 is 53.4. The molecule has 7 heteroatoms. The molecule has 1 saturated carbocycles. The first-order valence-corrected chi connectivity index (χ1v) is 15.8. The van der Waals surface area contributed by atoms with Gasteiger partial charge >= 0.3 is 12.1 Å². The van der Waals surface area contributed by atoms with Crippen LogP contribution in [-0.2, 0) is 4.74 Å². The SMILES string of the molecule is CC1CCC(C(F)(F)Oc2ccc(C(=O)OC3COc4ccc5c(c4-c4c(ccc6ccccc46)OC3)=CCCC=5)cc2)CC1. The Balaban J connectivity index is 1.12. The van der Waals surface area contributed by atoms with Crippen molar-refractivity contribution in [2.75, 3.05) is 13.2 Å². The van der Waals surface area contributed by atoms with E-state index < -0.39 is 24.1 Å². The second-order valence-corrected chi connectivity index (χ2v) is 12.4. The van der Waals surface area contributed by atoms with Crippen molar-refractivity contribution in [2.45, 2.75) is 57.7 Å². The van der Waals surface area contributed by atoms with Crippen molar-refractivity contribution in [3.63, 3.8) is 0 Å². The summed E-state index contributed by atoms with van der Waals surface area (Å²) in [6, 6.07) is 21.9. The van der Waals surface area contributed by atoms with Crippen LogP contribution >= 0.6 is 0 Å². The molecule has 1 heterocycles. The highest BCUT2D eigenvalue weighted by Gasteiger charge is 2.43. The average Bonchev–Trinajstić information content (AvgIpc) is 3.13. The third-order valence-corrected chi connectivity index (χ3v) is 9.22. The van der Waals surface area contributed by atoms with Crippen LogP contribution in [0.25, 0.3) is 34.1 Å². The first-order chi connectivity index (χ1) is 21.9. The molecule has 1 aliphatic heterocycles. The molecule has 5 nitrogen and oxygen atoms in total. The minimum atomic E-state index is -3.26. The monoisotopic (exact) mass is 610 g/mol. The van der Waals surface area contributed by atoms with Crippen molar-refractivity contribution < 1.29 is 32.5 Å². The Bertz CT molecular complexity index is 1840. The molecule has 3 aliphatic rings. The molecule has 0 spiro atoms. The van der Waals surface area contributed by atoms with Crippen LogP contribution < -0.4 is 24.6 Å². The summed E-state index contributed by atoms with van der Waals surface area (Å²) in [6.45, 7) is 2.25. The summed E-state index contributed by atoms with van der Waals surface area (Å²) in [4.78, 5) is 13.2. The van der Waals surface area contributed by atoms with Crippen molar-refractivity contribution in [1.29, 1.82) is 0 Å². The number of esters is 1. The maximum Gasteiger partial charge on any atom is 0.400 e. The predicted octanol–water partition coefficient (Wildman–Crippen LogP) is 7.66. The van der Waals surface area contributed by atoms with E-state index in [1.54, 1.807) is 0 Å². The molecule has 7 rings (SSSR count). The van der Waals surface area contributed by atoms with E-state index in [0.717, 1.165) is 58.0 Å². The van der Waals surface area contributed by atoms with Gasteiger partial charge in [-0.15, -0.1) is 0 Å². The maximum absolute atomic E-state index is 14.8. The van der Waals surface area contributed by atoms with Gasteiger partial charge in [-0.3, -0.25) is 0 Å². The van der Waals surface area contributed by atoms with Gasteiger partial charge in [-0.05, 0) is 89.2 Å². The summed E-state index contributed by atoms with van der Waals surface area (Å²) in [7, 11) is 0. The third kappa shape index (κ3) is 6.00. The van der Waals surface area contributed by atoms with Gasteiger partial charge in [0.1, 0.15) is 30.5 Å². The molecule has 0 N–H and O–H groups in total. The molecule has 0 radical (unpaired) electrons. The van der Waals surface area contributed by atoms with Crippen LogP contribution in [0.15, 0.2) is 72.8 Å². The number of carbonyl (C=O) groups is 1. The van der Waals surface area contributed by atoms with Crippen LogP contribution in [0.4, 0.5) is 8.78 Å². The molecule has 0 amide bonds. The van der Waals surface area contributed by atoms with E-state index in [1.165, 1.54) is 24.3 Å². The van der Waals surface area contributed by atoms with Crippen molar-refractivity contribution in [3.8, 4) is 28.4 Å². The molecule has 4 aromatic rings. The number of rotatable bonds is 5. The first kappa shape index (κ1) is 29.3. The Hall–Kier alpha value is -4.39. The number of hydrogen-bond donors (Lipinski definition) is 0. The number of hydrogen-bond acceptors (Lipinski definition) is 5. The predicted molar refractivity (Wildman–Crippen MR) is 170 cm³/mol. The Labute approximate surface area is 261 Å². The van der Waals surface area contributed by atoms with Crippen molar-refractivity contribution in [1.82, 2.24) is 0 Å². The van der Waals surface area contributed by atoms with E-state index in [0.29, 0.717) is 30.3 Å². The normalized spacial score (nSPS) is 21.1. The third-order valence-electron chi connectivity index (χ3n) is 9.22. The molecule has 2 aliphatic carbocycles. The second kappa shape index (κ2) is 12.2. The highest BCUT2D eigenvalue weighted by Crippen LogP contribution is 2.41. The molecule has 1 unspecified atom stereocenters. The van der Waals surface area contributed by atoms with Crippen LogP contribution in [0.2, 0.25) is 0 Å². The van der Waals surface area contributed by atoms with Gasteiger partial charge in [-0.1, -0.05) is 68.3 Å². The molecular weight excluding hydrogens is 574 g/mol. The zero-order valence-corrected chi connectivity index (χ0v) is 25.3. The summed E-state index contributed by atoms with van der Waals surface area (Å²) >= 11 is 0. The van der Waals surface area contributed by atoms with Gasteiger partial charge in [0.2, 0.25) is 0 Å². The van der Waals surface area contributed by atoms with E-state index in [1.807, 2.05) is 30.3 Å². The van der Waals surface area contributed by atoms with Crippen molar-refractivity contribution >= 4 is 28.9 Å². The highest BCUT2D eigenvalue weighted by atomic mass is 19.3. The van der Waals surface area contributed by atoms with Gasteiger partial charge in [0.05, 0.1) is 11.5 Å². The highest BCUT2D eigenvalue weighted by molar-refractivity contribution is 6.01. The standard InChI is InChI=1S/C38H36F2O5/c1-24-10-16-28(17-11-24)38(39,40)45-29-18-12-27(13-19-29)37(41)44-30-22-42-33-20-14-25-6-2-4-8-31(25)35(33)36-32-9-5-3-7-26(32)15-21-34(36)43-23-30/h2,4,6-9,12-15,18-21,24,28,30H,3,5,10-11,16-17,22-23H2,1H3. The lowest BCUT2D eigenvalue weighted by atomic mass is 9.82. The molecule has 1 fully saturated rings. The van der Waals surface area contributed by atoms with Crippen LogP contribution in [-0.4, -0.2) is 31.4 Å². The molecule has 0 aromatic heterocycles. The summed E-state index contributed by atoms with van der Waals surface area (Å²) in [5, 5.41) is 4.40. The number of carbonyl (C=O) groups excluding carboxylic acids is 1. The lowest BCUT2D eigenvalue weighted by Crippen LogP contribution is -2.37. The van der Waals surface area contributed by atoms with Gasteiger partial charge in [0.15, 0.2) is 6.10 Å². The second-order valence-electron chi connectivity index (χ2n) is 12.4. The van der Waals surface area contributed by atoms with Gasteiger partial charge in [-0.2, -0.15) is 8.78 Å². The van der Waals surface area contributed by atoms with Gasteiger partial charge in [0, 0.05) is 11.1 Å². The molecular formula is C38H36F2O5. The lowest BCUT2D eigenvalue weighted by Gasteiger charge is -2.32. The van der Waals surface area contributed by atoms with Crippen LogP contribution in [0.3, 0.4) is 0 Å². The fourth-order valence-electron chi connectivity index (χ4n) is 6.68. The lowest BCUT2D eigenvalue weighted by molar-refractivity contribution is -0.223. The maximum atomic E-state index is 14.8. The fraction of sp³-hybridized carbons (Fsp3) is 0.342. The molecule has 1 atom stereocenters. The Morgan fingerprint density at radius 3 is 2.27 bits per heavy atom. The van der Waals surface area contributed by atoms with E-state index >= 15 is 0 Å². The molecule has 4 aromatic carbocycles. The van der Waals surface area contributed by atoms with E-state index in [-0.39, 0.29) is 24.5 Å². The van der Waals surface area contributed by atoms with Crippen molar-refractivity contribution in [2.24, 2.45) is 11.8 Å². The smallest absolute Gasteiger partial charge is 0.400 e. The largest absolute Gasteiger partial charge is 0.489 e. The number of alkyl halides is 2. The van der Waals surface area contributed by atoms with Gasteiger partial charge in [-0.25, -0.2) is 4.79 Å². The van der Waals surface area contributed by atoms with E-state index in [4.69, 9.17) is 18.9 Å². The summed E-state index contributed by atoms with van der Waals surface area (Å²) in [5.74, 6) is 0.451. The van der Waals surface area contributed by atoms with Crippen LogP contribution in [0.1, 0.15) is 55.8 Å². The van der Waals surface area contributed by atoms with Crippen LogP contribution in [0, 0.1) is 11.8 Å². The summed E-state index contributed by atoms with van der Waals surface area (Å²) in [6.07, 6.45) is 4.85. The average molecular weight is 611 g/mol. The first-order valence-electron chi connectivity index (χ1n) is 15.8. The molecule has 0 saturated heterocycles. The van der Waals surface area contributed by atoms with Gasteiger partial charge in [0.25, 0.3) is 0 Å². The van der Waals surface area contributed by atoms with E-state index in [2.05, 4.69) is 37.3 Å². The van der Waals surface area contributed by atoms with Crippen LogP contribution in [0.5, 0.6) is 17.2 Å².